The first-order valence-corrected chi connectivity index (χ1v) is 10.9. The molecule has 26 heavy (non-hydrogen) atoms. The van der Waals surface area contributed by atoms with E-state index in [4.69, 9.17) is 4.52 Å². The predicted molar refractivity (Wildman–Crippen MR) is 97.5 cm³/mol. The molecule has 0 N–H and O–H groups in total. The highest BCUT2D eigenvalue weighted by Gasteiger charge is 2.33. The van der Waals surface area contributed by atoms with Gasteiger partial charge in [-0.25, -0.2) is 8.42 Å². The smallest absolute Gasteiger partial charge is 0.240 e. The van der Waals surface area contributed by atoms with Gasteiger partial charge in [0.15, 0.2) is 15.7 Å². The molecule has 8 heteroatoms. The number of benzene rings is 1. The molecule has 0 aliphatic carbocycles. The van der Waals surface area contributed by atoms with Gasteiger partial charge in [-0.05, 0) is 12.0 Å². The molecule has 3 heterocycles. The molecule has 0 spiro atoms. The van der Waals surface area contributed by atoms with Gasteiger partial charge < -0.3 is 4.52 Å². The fourth-order valence-electron chi connectivity index (χ4n) is 3.75. The molecular formula is C18H24N4O3S. The fraction of sp³-hybridized carbons (Fsp3) is 0.556. The highest BCUT2D eigenvalue weighted by atomic mass is 32.2. The first-order valence-electron chi connectivity index (χ1n) is 9.10. The second-order valence-electron chi connectivity index (χ2n) is 7.14. The predicted octanol–water partition coefficient (Wildman–Crippen LogP) is 0.965. The van der Waals surface area contributed by atoms with Crippen LogP contribution in [0.5, 0.6) is 0 Å². The second kappa shape index (κ2) is 7.46. The number of hydrogen-bond acceptors (Lipinski definition) is 7. The molecule has 4 rings (SSSR count). The summed E-state index contributed by atoms with van der Waals surface area (Å²) < 4.78 is 28.7. The zero-order chi connectivity index (χ0) is 18.0. The second-order valence-corrected chi connectivity index (χ2v) is 9.36. The van der Waals surface area contributed by atoms with Gasteiger partial charge in [-0.3, -0.25) is 9.80 Å². The Balaban J connectivity index is 1.27. The lowest BCUT2D eigenvalue weighted by molar-refractivity contribution is 0.0926. The van der Waals surface area contributed by atoms with Gasteiger partial charge in [0.05, 0.1) is 18.1 Å². The highest BCUT2D eigenvalue weighted by Crippen LogP contribution is 2.19. The Morgan fingerprint density at radius 1 is 1.12 bits per heavy atom. The van der Waals surface area contributed by atoms with Gasteiger partial charge in [-0.2, -0.15) is 4.98 Å². The van der Waals surface area contributed by atoms with Gasteiger partial charge in [-0.15, -0.1) is 0 Å². The maximum atomic E-state index is 11.7. The van der Waals surface area contributed by atoms with Crippen molar-refractivity contribution >= 4 is 9.84 Å². The topological polar surface area (TPSA) is 79.5 Å². The third-order valence-corrected chi connectivity index (χ3v) is 6.96. The summed E-state index contributed by atoms with van der Waals surface area (Å²) in [6.45, 7) is 4.23. The van der Waals surface area contributed by atoms with Crippen LogP contribution in [-0.2, 0) is 22.8 Å². The molecule has 2 saturated heterocycles. The van der Waals surface area contributed by atoms with Gasteiger partial charge in [-0.1, -0.05) is 35.5 Å². The minimum Gasteiger partial charge on any atom is -0.338 e. The third-order valence-electron chi connectivity index (χ3n) is 5.21. The van der Waals surface area contributed by atoms with E-state index in [1.54, 1.807) is 0 Å². The Labute approximate surface area is 153 Å². The number of aromatic nitrogens is 2. The van der Waals surface area contributed by atoms with Gasteiger partial charge in [0.2, 0.25) is 5.89 Å². The van der Waals surface area contributed by atoms with E-state index in [9.17, 15) is 8.42 Å². The molecule has 0 saturated carbocycles. The molecule has 140 valence electrons. The Bertz CT molecular complexity index is 829. The zero-order valence-corrected chi connectivity index (χ0v) is 15.6. The van der Waals surface area contributed by atoms with Gasteiger partial charge in [0.1, 0.15) is 0 Å². The average molecular weight is 376 g/mol. The van der Waals surface area contributed by atoms with Gasteiger partial charge in [0, 0.05) is 38.6 Å². The third kappa shape index (κ3) is 4.31. The van der Waals surface area contributed by atoms with Crippen LogP contribution in [0.25, 0.3) is 0 Å². The average Bonchev–Trinajstić information content (AvgIpc) is 3.22. The van der Waals surface area contributed by atoms with Crippen molar-refractivity contribution in [3.05, 3.63) is 47.6 Å². The van der Waals surface area contributed by atoms with Crippen molar-refractivity contribution < 1.29 is 12.9 Å². The molecule has 0 amide bonds. The minimum absolute atomic E-state index is 0.197. The summed E-state index contributed by atoms with van der Waals surface area (Å²) in [4.78, 5) is 9.11. The molecule has 1 aromatic carbocycles. The van der Waals surface area contributed by atoms with Gasteiger partial charge >= 0.3 is 0 Å². The van der Waals surface area contributed by atoms with Crippen molar-refractivity contribution in [1.82, 2.24) is 19.9 Å². The van der Waals surface area contributed by atoms with Crippen LogP contribution >= 0.6 is 0 Å². The number of nitrogens with zero attached hydrogens (tertiary/aromatic N) is 4. The maximum Gasteiger partial charge on any atom is 0.240 e. The van der Waals surface area contributed by atoms with Crippen LogP contribution < -0.4 is 0 Å². The van der Waals surface area contributed by atoms with Crippen molar-refractivity contribution in [2.45, 2.75) is 25.4 Å². The molecule has 2 aliphatic heterocycles. The number of sulfone groups is 1. The van der Waals surface area contributed by atoms with Gasteiger partial charge in [0.25, 0.3) is 0 Å². The van der Waals surface area contributed by atoms with Crippen LogP contribution in [0, 0.1) is 0 Å². The zero-order valence-electron chi connectivity index (χ0n) is 14.7. The monoisotopic (exact) mass is 376 g/mol. The summed E-state index contributed by atoms with van der Waals surface area (Å²) >= 11 is 0. The molecule has 0 bridgehead atoms. The highest BCUT2D eigenvalue weighted by molar-refractivity contribution is 7.91. The Morgan fingerprint density at radius 2 is 1.88 bits per heavy atom. The summed E-state index contributed by atoms with van der Waals surface area (Å²) in [5.74, 6) is 2.01. The fourth-order valence-corrected chi connectivity index (χ4v) is 5.51. The van der Waals surface area contributed by atoms with E-state index in [2.05, 4.69) is 32.1 Å². The molecule has 7 nitrogen and oxygen atoms in total. The Morgan fingerprint density at radius 3 is 2.58 bits per heavy atom. The number of rotatable bonds is 5. The molecular weight excluding hydrogens is 352 g/mol. The van der Waals surface area contributed by atoms with E-state index in [1.165, 1.54) is 5.56 Å². The summed E-state index contributed by atoms with van der Waals surface area (Å²) in [7, 11) is -2.82. The summed E-state index contributed by atoms with van der Waals surface area (Å²) in [5, 5.41) is 4.08. The maximum absolute atomic E-state index is 11.7. The Kier molecular flexibility index (Phi) is 5.06. The lowest BCUT2D eigenvalue weighted by atomic mass is 10.1. The molecule has 0 radical (unpaired) electrons. The number of piperazine rings is 1. The van der Waals surface area contributed by atoms with E-state index in [-0.39, 0.29) is 6.04 Å². The molecule has 2 aliphatic rings. The van der Waals surface area contributed by atoms with Crippen molar-refractivity contribution in [2.24, 2.45) is 0 Å². The lowest BCUT2D eigenvalue weighted by Crippen LogP contribution is -2.50. The molecule has 1 atom stereocenters. The SMILES string of the molecule is O=S1(=O)CC[C@H](N2CCN(Cc3nc(Cc4ccccc4)no3)CC2)C1. The summed E-state index contributed by atoms with van der Waals surface area (Å²) in [5.41, 5.74) is 1.17. The Hall–Kier alpha value is -1.77. The van der Waals surface area contributed by atoms with Crippen LogP contribution in [-0.4, -0.2) is 72.1 Å². The largest absolute Gasteiger partial charge is 0.338 e. The lowest BCUT2D eigenvalue weighted by Gasteiger charge is -2.37. The summed E-state index contributed by atoms with van der Waals surface area (Å²) in [6.07, 6.45) is 1.45. The van der Waals surface area contributed by atoms with Crippen LogP contribution in [0.1, 0.15) is 23.7 Å². The van der Waals surface area contributed by atoms with Crippen LogP contribution in [0.4, 0.5) is 0 Å². The standard InChI is InChI=1S/C18H24N4O3S/c23-26(24)11-6-16(14-26)22-9-7-21(8-10-22)13-18-19-17(20-25-18)12-15-4-2-1-3-5-15/h1-5,16H,6-14H2/t16-/m0/s1. The van der Waals surface area contributed by atoms with Crippen LogP contribution in [0.3, 0.4) is 0 Å². The van der Waals surface area contributed by atoms with E-state index in [1.807, 2.05) is 18.2 Å². The first-order chi connectivity index (χ1) is 12.6. The normalized spacial score (nSPS) is 24.1. The van der Waals surface area contributed by atoms with E-state index < -0.39 is 9.84 Å². The van der Waals surface area contributed by atoms with Crippen molar-refractivity contribution in [3.8, 4) is 0 Å². The van der Waals surface area contributed by atoms with Crippen LogP contribution in [0.15, 0.2) is 34.9 Å². The van der Waals surface area contributed by atoms with Crippen LogP contribution in [0.2, 0.25) is 0 Å². The van der Waals surface area contributed by atoms with Crippen molar-refractivity contribution in [3.63, 3.8) is 0 Å². The number of hydrogen-bond donors (Lipinski definition) is 0. The van der Waals surface area contributed by atoms with E-state index in [0.717, 1.165) is 32.6 Å². The summed E-state index contributed by atoms with van der Waals surface area (Å²) in [6, 6.07) is 10.3. The molecule has 2 fully saturated rings. The molecule has 1 aromatic heterocycles. The van der Waals surface area contributed by atoms with E-state index in [0.29, 0.717) is 36.2 Å². The minimum atomic E-state index is -2.82. The van der Waals surface area contributed by atoms with Crippen molar-refractivity contribution in [2.75, 3.05) is 37.7 Å². The van der Waals surface area contributed by atoms with Crippen molar-refractivity contribution in [1.29, 1.82) is 0 Å². The molecule has 0 unspecified atom stereocenters. The molecule has 2 aromatic rings. The van der Waals surface area contributed by atoms with E-state index >= 15 is 0 Å². The first kappa shape index (κ1) is 17.6. The quantitative estimate of drug-likeness (QED) is 0.769.